The van der Waals surface area contributed by atoms with Gasteiger partial charge < -0.3 is 30.6 Å². The first-order valence-corrected chi connectivity index (χ1v) is 17.2. The van der Waals surface area contributed by atoms with Crippen molar-refractivity contribution in [1.82, 2.24) is 0 Å². The number of phenols is 4. The summed E-state index contributed by atoms with van der Waals surface area (Å²) in [6.45, 7) is 16.2. The van der Waals surface area contributed by atoms with E-state index in [1.54, 1.807) is 0 Å². The first-order valence-electron chi connectivity index (χ1n) is 17.2. The monoisotopic (exact) mass is 678 g/mol. The second kappa shape index (κ2) is 21.5. The van der Waals surface area contributed by atoms with Crippen LogP contribution in [0.25, 0.3) is 0 Å². The zero-order valence-electron chi connectivity index (χ0n) is 30.7. The summed E-state index contributed by atoms with van der Waals surface area (Å²) in [5.41, 5.74) is 6.15. The van der Waals surface area contributed by atoms with Crippen LogP contribution in [0.1, 0.15) is 143 Å². The first kappa shape index (κ1) is 42.6. The average molecular weight is 679 g/mol. The molecule has 0 aliphatic rings. The number of aromatic carboxylic acids is 2. The van der Waals surface area contributed by atoms with Crippen molar-refractivity contribution in [3.63, 3.8) is 0 Å². The molecule has 0 saturated heterocycles. The number of carbonyl (C=O) groups is 2. The van der Waals surface area contributed by atoms with E-state index in [0.29, 0.717) is 36.8 Å². The van der Waals surface area contributed by atoms with Crippen molar-refractivity contribution in [2.24, 2.45) is 0 Å². The van der Waals surface area contributed by atoms with Crippen LogP contribution in [0.5, 0.6) is 23.0 Å². The Morgan fingerprint density at radius 2 is 0.980 bits per heavy atom. The van der Waals surface area contributed by atoms with Crippen molar-refractivity contribution in [2.75, 3.05) is 0 Å². The van der Waals surface area contributed by atoms with E-state index in [-0.39, 0.29) is 45.3 Å². The molecule has 0 saturated carbocycles. The fourth-order valence-corrected chi connectivity index (χ4v) is 5.34. The Hall–Kier alpha value is -4.46. The number of aromatic hydroxyl groups is 4. The Kier molecular flexibility index (Phi) is 18.7. The molecule has 0 aromatic heterocycles. The lowest BCUT2D eigenvalue weighted by Crippen LogP contribution is -2.05. The van der Waals surface area contributed by atoms with Gasteiger partial charge in [0.05, 0.1) is 0 Å². The number of rotatable bonds is 17. The number of carboxylic acid groups (broad SMARTS) is 2. The highest BCUT2D eigenvalue weighted by molar-refractivity contribution is 5.94. The van der Waals surface area contributed by atoms with Gasteiger partial charge in [0.1, 0.15) is 34.1 Å². The topological polar surface area (TPSA) is 156 Å². The summed E-state index contributed by atoms with van der Waals surface area (Å²) in [5.74, 6) is -3.04. The molecule has 0 bridgehead atoms. The van der Waals surface area contributed by atoms with Crippen LogP contribution in [0.2, 0.25) is 0 Å². The fourth-order valence-electron chi connectivity index (χ4n) is 5.34. The van der Waals surface area contributed by atoms with Crippen LogP contribution in [-0.2, 0) is 25.7 Å². The third-order valence-electron chi connectivity index (χ3n) is 8.17. The van der Waals surface area contributed by atoms with Crippen LogP contribution in [-0.4, -0.2) is 42.6 Å². The van der Waals surface area contributed by atoms with E-state index in [1.807, 2.05) is 39.8 Å². The van der Waals surface area contributed by atoms with Gasteiger partial charge >= 0.3 is 11.9 Å². The summed E-state index contributed by atoms with van der Waals surface area (Å²) in [4.78, 5) is 23.0. The van der Waals surface area contributed by atoms with E-state index in [4.69, 9.17) is 0 Å². The van der Waals surface area contributed by atoms with Crippen molar-refractivity contribution < 1.29 is 40.2 Å². The molecule has 0 aliphatic carbocycles. The number of unbranched alkanes of at least 4 members (excludes halogenated alkanes) is 1. The lowest BCUT2D eigenvalue weighted by molar-refractivity contribution is 0.0680. The summed E-state index contributed by atoms with van der Waals surface area (Å²) < 4.78 is 0. The molecule has 2 aromatic carbocycles. The van der Waals surface area contributed by atoms with Crippen molar-refractivity contribution in [3.8, 4) is 23.0 Å². The zero-order chi connectivity index (χ0) is 37.3. The molecule has 0 amide bonds. The minimum Gasteiger partial charge on any atom is -0.508 e. The molecule has 49 heavy (non-hydrogen) atoms. The third-order valence-corrected chi connectivity index (χ3v) is 8.17. The summed E-state index contributed by atoms with van der Waals surface area (Å²) in [7, 11) is 0. The quantitative estimate of drug-likeness (QED) is 0.0903. The number of allylic oxidation sites excluding steroid dienone is 8. The number of hydrogen-bond donors (Lipinski definition) is 6. The number of hydrogen-bond acceptors (Lipinski definition) is 6. The van der Waals surface area contributed by atoms with Crippen molar-refractivity contribution in [2.45, 2.75) is 126 Å². The molecular weight excluding hydrogens is 620 g/mol. The summed E-state index contributed by atoms with van der Waals surface area (Å²) in [5, 5.41) is 60.0. The highest BCUT2D eigenvalue weighted by Crippen LogP contribution is 2.36. The molecule has 2 rings (SSSR count). The van der Waals surface area contributed by atoms with Crippen LogP contribution < -0.4 is 0 Å². The molecule has 0 fully saturated rings. The zero-order valence-corrected chi connectivity index (χ0v) is 30.7. The van der Waals surface area contributed by atoms with Crippen LogP contribution in [0, 0.1) is 0 Å². The van der Waals surface area contributed by atoms with E-state index in [1.165, 1.54) is 23.3 Å². The second-order valence-corrected chi connectivity index (χ2v) is 13.1. The van der Waals surface area contributed by atoms with Gasteiger partial charge in [-0.1, -0.05) is 73.3 Å². The standard InChI is InChI=1S/C21H30O4.C20H28O4/c1-5-6-10-16-13-18(22)17(20(23)19(16)21(24)25)12-11-15(4)9-7-8-14(2)3;1-5-7-15-12-17(21)16(19(22)18(15)20(23)24)11-10-14(4)9-6-8-13(2)3/h8,11,13,22-23H,5-7,9-10,12H2,1-4H3,(H,24,25);8,10,12,21-22H,5-7,9,11H2,1-4H3,(H,23,24)/b15-11+;14-10+. The van der Waals surface area contributed by atoms with Crippen molar-refractivity contribution in [3.05, 3.63) is 92.1 Å². The van der Waals surface area contributed by atoms with Crippen molar-refractivity contribution >= 4 is 11.9 Å². The van der Waals surface area contributed by atoms with Gasteiger partial charge in [0.2, 0.25) is 0 Å². The highest BCUT2D eigenvalue weighted by Gasteiger charge is 2.22. The van der Waals surface area contributed by atoms with Crippen LogP contribution in [0.3, 0.4) is 0 Å². The molecule has 0 spiro atoms. The maximum atomic E-state index is 11.5. The normalized spacial score (nSPS) is 11.4. The van der Waals surface area contributed by atoms with Gasteiger partial charge in [-0.15, -0.1) is 0 Å². The van der Waals surface area contributed by atoms with E-state index in [0.717, 1.165) is 56.1 Å². The molecule has 6 N–H and O–H groups in total. The molecule has 8 heteroatoms. The first-order chi connectivity index (χ1) is 23.0. The Morgan fingerprint density at radius 3 is 1.31 bits per heavy atom. The maximum Gasteiger partial charge on any atom is 0.339 e. The Bertz CT molecular complexity index is 1550. The van der Waals surface area contributed by atoms with E-state index in [9.17, 15) is 40.2 Å². The SMILES string of the molecule is CCCCc1cc(O)c(C/C=C(\C)CCC=C(C)C)c(O)c1C(=O)O.CCCc1cc(O)c(C/C=C(\C)CCC=C(C)C)c(O)c1C(=O)O. The number of benzene rings is 2. The minimum absolute atomic E-state index is 0.0399. The minimum atomic E-state index is -1.17. The maximum absolute atomic E-state index is 11.5. The van der Waals surface area contributed by atoms with Crippen molar-refractivity contribution in [1.29, 1.82) is 0 Å². The molecule has 0 atom stereocenters. The molecule has 0 unspecified atom stereocenters. The van der Waals surface area contributed by atoms with E-state index in [2.05, 4.69) is 39.8 Å². The predicted molar refractivity (Wildman–Crippen MR) is 198 cm³/mol. The largest absolute Gasteiger partial charge is 0.508 e. The van der Waals surface area contributed by atoms with Crippen LogP contribution in [0.15, 0.2) is 58.7 Å². The fraction of sp³-hybridized carbons (Fsp3) is 0.463. The van der Waals surface area contributed by atoms with Gasteiger partial charge in [0.25, 0.3) is 0 Å². The molecule has 0 radical (unpaired) electrons. The highest BCUT2D eigenvalue weighted by atomic mass is 16.4. The van der Waals surface area contributed by atoms with Gasteiger partial charge in [-0.25, -0.2) is 9.59 Å². The Morgan fingerprint density at radius 1 is 0.592 bits per heavy atom. The molecular formula is C41H58O8. The van der Waals surface area contributed by atoms with Gasteiger partial charge in [0.15, 0.2) is 0 Å². The van der Waals surface area contributed by atoms with Gasteiger partial charge in [-0.3, -0.25) is 0 Å². The summed E-state index contributed by atoms with van der Waals surface area (Å²) in [6.07, 6.45) is 16.0. The van der Waals surface area contributed by atoms with Crippen LogP contribution >= 0.6 is 0 Å². The predicted octanol–water partition coefficient (Wildman–Crippen LogP) is 10.4. The van der Waals surface area contributed by atoms with E-state index < -0.39 is 11.9 Å². The third kappa shape index (κ3) is 14.3. The lowest BCUT2D eigenvalue weighted by atomic mass is 9.95. The van der Waals surface area contributed by atoms with Crippen LogP contribution in [0.4, 0.5) is 0 Å². The van der Waals surface area contributed by atoms with Gasteiger partial charge in [-0.05, 0) is 123 Å². The Balaban J connectivity index is 0.000000490. The van der Waals surface area contributed by atoms with E-state index >= 15 is 0 Å². The smallest absolute Gasteiger partial charge is 0.339 e. The molecule has 2 aromatic rings. The van der Waals surface area contributed by atoms with Gasteiger partial charge in [-0.2, -0.15) is 0 Å². The number of aryl methyl sites for hydroxylation is 2. The molecule has 270 valence electrons. The molecule has 0 heterocycles. The average Bonchev–Trinajstić information content (AvgIpc) is 2.99. The summed E-state index contributed by atoms with van der Waals surface area (Å²) in [6, 6.07) is 2.95. The molecule has 8 nitrogen and oxygen atoms in total. The van der Waals surface area contributed by atoms with Gasteiger partial charge in [0, 0.05) is 11.1 Å². The number of phenolic OH excluding ortho intramolecular Hbond substituents is 2. The number of carboxylic acids is 2. The molecule has 0 aliphatic heterocycles. The Labute approximate surface area is 292 Å². The summed E-state index contributed by atoms with van der Waals surface area (Å²) >= 11 is 0. The second-order valence-electron chi connectivity index (χ2n) is 13.1. The lowest BCUT2D eigenvalue weighted by Gasteiger charge is -2.13.